The average molecular weight is 357 g/mol. The third kappa shape index (κ3) is 3.18. The first kappa shape index (κ1) is 16.2. The highest BCUT2D eigenvalue weighted by molar-refractivity contribution is 7.86. The molecular weight excluding hydrogens is 342 g/mol. The van der Waals surface area contributed by atoms with Crippen LogP contribution in [0.3, 0.4) is 0 Å². The molecule has 0 spiro atoms. The Balaban J connectivity index is 2.29. The van der Waals surface area contributed by atoms with Crippen LogP contribution in [0.5, 0.6) is 0 Å². The van der Waals surface area contributed by atoms with Gasteiger partial charge in [-0.2, -0.15) is 16.8 Å². The fraction of sp³-hybridized carbons (Fsp3) is 0.286. The highest BCUT2D eigenvalue weighted by Gasteiger charge is 2.21. The summed E-state index contributed by atoms with van der Waals surface area (Å²) in [7, 11) is -9.23. The predicted octanol–water partition coefficient (Wildman–Crippen LogP) is 1.93. The van der Waals surface area contributed by atoms with Crippen molar-refractivity contribution in [1.82, 2.24) is 0 Å². The molecule has 0 radical (unpaired) electrons. The van der Waals surface area contributed by atoms with Gasteiger partial charge in [0.05, 0.1) is 4.90 Å². The van der Waals surface area contributed by atoms with Crippen molar-refractivity contribution < 1.29 is 25.9 Å². The molecule has 0 amide bonds. The molecule has 1 aliphatic heterocycles. The first-order chi connectivity index (χ1) is 10.7. The summed E-state index contributed by atoms with van der Waals surface area (Å²) in [6, 6.07) is 6.86. The smallest absolute Gasteiger partial charge is 0.295 e. The summed E-state index contributed by atoms with van der Waals surface area (Å²) >= 11 is 0. The monoisotopic (exact) mass is 357 g/mol. The van der Waals surface area contributed by atoms with Crippen molar-refractivity contribution in [3.63, 3.8) is 0 Å². The van der Waals surface area contributed by atoms with Crippen molar-refractivity contribution in [3.05, 3.63) is 30.3 Å². The zero-order chi connectivity index (χ0) is 16.8. The molecule has 124 valence electrons. The lowest BCUT2D eigenvalue weighted by atomic mass is 10.1. The van der Waals surface area contributed by atoms with Gasteiger partial charge in [-0.15, -0.1) is 0 Å². The second-order valence-corrected chi connectivity index (χ2v) is 8.28. The Kier molecular flexibility index (Phi) is 3.83. The SMILES string of the molecule is O=S(=O)(O)c1cc(S(=O)(=O)O)c2ccc(N3CCCC3)cc2c1. The molecule has 2 aromatic rings. The van der Waals surface area contributed by atoms with Crippen LogP contribution in [0, 0.1) is 0 Å². The van der Waals surface area contributed by atoms with E-state index in [4.69, 9.17) is 0 Å². The summed E-state index contributed by atoms with van der Waals surface area (Å²) in [5.41, 5.74) is 0.837. The standard InChI is InChI=1S/C14H15NO6S2/c16-22(17,18)12-8-10-7-11(15-5-1-2-6-15)3-4-13(10)14(9-12)23(19,20)21/h3-4,7-9H,1-2,5-6H2,(H,16,17,18)(H,19,20,21). The molecule has 2 aromatic carbocycles. The summed E-state index contributed by atoms with van der Waals surface area (Å²) in [6.07, 6.45) is 2.11. The minimum absolute atomic E-state index is 0.197. The van der Waals surface area contributed by atoms with Gasteiger partial charge in [0.2, 0.25) is 0 Å². The van der Waals surface area contributed by atoms with Gasteiger partial charge in [-0.05, 0) is 42.5 Å². The molecule has 0 unspecified atom stereocenters. The number of benzene rings is 2. The molecule has 1 aliphatic rings. The van der Waals surface area contributed by atoms with E-state index in [0.717, 1.165) is 37.7 Å². The van der Waals surface area contributed by atoms with Crippen LogP contribution in [0.1, 0.15) is 12.8 Å². The first-order valence-electron chi connectivity index (χ1n) is 6.94. The molecule has 0 aromatic heterocycles. The van der Waals surface area contributed by atoms with Gasteiger partial charge in [-0.3, -0.25) is 9.11 Å². The normalized spacial score (nSPS) is 16.2. The number of rotatable bonds is 3. The molecule has 0 atom stereocenters. The Morgan fingerprint density at radius 1 is 0.870 bits per heavy atom. The van der Waals surface area contributed by atoms with Crippen LogP contribution in [0.2, 0.25) is 0 Å². The van der Waals surface area contributed by atoms with Gasteiger partial charge >= 0.3 is 0 Å². The molecule has 3 rings (SSSR count). The van der Waals surface area contributed by atoms with Crippen molar-refractivity contribution in [2.45, 2.75) is 22.6 Å². The minimum atomic E-state index is -4.63. The maximum absolute atomic E-state index is 11.5. The van der Waals surface area contributed by atoms with Gasteiger partial charge in [-0.25, -0.2) is 0 Å². The van der Waals surface area contributed by atoms with E-state index in [0.29, 0.717) is 5.39 Å². The van der Waals surface area contributed by atoms with Crippen LogP contribution in [-0.4, -0.2) is 39.0 Å². The Bertz CT molecular complexity index is 976. The zero-order valence-corrected chi connectivity index (χ0v) is 13.6. The lowest BCUT2D eigenvalue weighted by Gasteiger charge is -2.18. The number of hydrogen-bond acceptors (Lipinski definition) is 5. The Hall–Kier alpha value is -1.68. The topological polar surface area (TPSA) is 112 Å². The van der Waals surface area contributed by atoms with E-state index >= 15 is 0 Å². The van der Waals surface area contributed by atoms with E-state index in [2.05, 4.69) is 4.90 Å². The molecule has 0 saturated carbocycles. The summed E-state index contributed by atoms with van der Waals surface area (Å²) in [5.74, 6) is 0. The van der Waals surface area contributed by atoms with E-state index in [-0.39, 0.29) is 5.39 Å². The summed E-state index contributed by atoms with van der Waals surface area (Å²) < 4.78 is 64.4. The third-order valence-electron chi connectivity index (χ3n) is 3.92. The minimum Gasteiger partial charge on any atom is -0.372 e. The van der Waals surface area contributed by atoms with Crippen LogP contribution in [0.15, 0.2) is 40.1 Å². The van der Waals surface area contributed by atoms with Crippen molar-refractivity contribution in [2.24, 2.45) is 0 Å². The zero-order valence-electron chi connectivity index (χ0n) is 12.0. The van der Waals surface area contributed by atoms with Crippen molar-refractivity contribution in [3.8, 4) is 0 Å². The molecule has 9 heteroatoms. The van der Waals surface area contributed by atoms with Crippen molar-refractivity contribution >= 4 is 36.7 Å². The molecule has 1 heterocycles. The van der Waals surface area contributed by atoms with E-state index < -0.39 is 30.0 Å². The Morgan fingerprint density at radius 3 is 2.09 bits per heavy atom. The Labute approximate surface area is 134 Å². The van der Waals surface area contributed by atoms with Gasteiger partial charge in [0.25, 0.3) is 20.2 Å². The summed E-state index contributed by atoms with van der Waals surface area (Å²) in [5, 5.41) is 0.514. The lowest BCUT2D eigenvalue weighted by molar-refractivity contribution is 0.482. The highest BCUT2D eigenvalue weighted by atomic mass is 32.2. The number of anilines is 1. The van der Waals surface area contributed by atoms with E-state index in [1.165, 1.54) is 12.1 Å². The van der Waals surface area contributed by atoms with E-state index in [9.17, 15) is 25.9 Å². The third-order valence-corrected chi connectivity index (χ3v) is 5.64. The van der Waals surface area contributed by atoms with E-state index in [1.807, 2.05) is 0 Å². The van der Waals surface area contributed by atoms with Gasteiger partial charge in [0.1, 0.15) is 4.90 Å². The maximum atomic E-state index is 11.5. The van der Waals surface area contributed by atoms with Gasteiger partial charge in [0, 0.05) is 24.2 Å². The maximum Gasteiger partial charge on any atom is 0.295 e. The molecule has 0 aliphatic carbocycles. The quantitative estimate of drug-likeness (QED) is 0.807. The second kappa shape index (κ2) is 5.45. The van der Waals surface area contributed by atoms with Crippen molar-refractivity contribution in [1.29, 1.82) is 0 Å². The highest BCUT2D eigenvalue weighted by Crippen LogP contribution is 2.31. The molecule has 0 bridgehead atoms. The first-order valence-corrected chi connectivity index (χ1v) is 9.82. The molecule has 7 nitrogen and oxygen atoms in total. The van der Waals surface area contributed by atoms with Gasteiger partial charge in [0.15, 0.2) is 0 Å². The number of hydrogen-bond donors (Lipinski definition) is 2. The largest absolute Gasteiger partial charge is 0.372 e. The molecule has 1 saturated heterocycles. The molecule has 2 N–H and O–H groups in total. The van der Waals surface area contributed by atoms with Crippen LogP contribution >= 0.6 is 0 Å². The number of nitrogens with zero attached hydrogens (tertiary/aromatic N) is 1. The van der Waals surface area contributed by atoms with Gasteiger partial charge < -0.3 is 4.90 Å². The average Bonchev–Trinajstić information content (AvgIpc) is 2.97. The number of fused-ring (bicyclic) bond motifs is 1. The van der Waals surface area contributed by atoms with Crippen LogP contribution in [0.4, 0.5) is 5.69 Å². The van der Waals surface area contributed by atoms with E-state index in [1.54, 1.807) is 12.1 Å². The predicted molar refractivity (Wildman–Crippen MR) is 85.0 cm³/mol. The second-order valence-electron chi connectivity index (χ2n) is 5.47. The molecule has 1 fully saturated rings. The Morgan fingerprint density at radius 2 is 1.52 bits per heavy atom. The fourth-order valence-electron chi connectivity index (χ4n) is 2.83. The van der Waals surface area contributed by atoms with Crippen LogP contribution < -0.4 is 4.90 Å². The van der Waals surface area contributed by atoms with Crippen molar-refractivity contribution in [2.75, 3.05) is 18.0 Å². The van der Waals surface area contributed by atoms with Crippen LogP contribution in [0.25, 0.3) is 10.8 Å². The fourth-order valence-corrected chi connectivity index (χ4v) is 4.19. The van der Waals surface area contributed by atoms with Gasteiger partial charge in [-0.1, -0.05) is 6.07 Å². The van der Waals surface area contributed by atoms with Crippen LogP contribution in [-0.2, 0) is 20.2 Å². The molecule has 23 heavy (non-hydrogen) atoms. The summed E-state index contributed by atoms with van der Waals surface area (Å²) in [4.78, 5) is 0.985. The summed E-state index contributed by atoms with van der Waals surface area (Å²) in [6.45, 7) is 1.74. The lowest BCUT2D eigenvalue weighted by Crippen LogP contribution is -2.17. The molecular formula is C14H15NO6S2.